The van der Waals surface area contributed by atoms with E-state index in [9.17, 15) is 4.79 Å². The maximum atomic E-state index is 11.1. The maximum absolute atomic E-state index is 11.1. The van der Waals surface area contributed by atoms with Gasteiger partial charge in [0, 0.05) is 11.4 Å². The highest BCUT2D eigenvalue weighted by Gasteiger charge is 2.22. The second kappa shape index (κ2) is 5.92. The molecule has 3 nitrogen and oxygen atoms in total. The fourth-order valence-electron chi connectivity index (χ4n) is 1.21. The van der Waals surface area contributed by atoms with Gasteiger partial charge in [-0.2, -0.15) is 0 Å². The van der Waals surface area contributed by atoms with E-state index in [1.54, 1.807) is 31.2 Å². The molecule has 4 heteroatoms. The number of hydrogen-bond acceptors (Lipinski definition) is 3. The first-order chi connectivity index (χ1) is 7.93. The summed E-state index contributed by atoms with van der Waals surface area (Å²) < 4.78 is 10.8. The van der Waals surface area contributed by atoms with Crippen LogP contribution in [0.25, 0.3) is 0 Å². The van der Waals surface area contributed by atoms with Crippen LogP contribution in [0.5, 0.6) is 5.75 Å². The number of esters is 1. The van der Waals surface area contributed by atoms with Crippen LogP contribution in [-0.2, 0) is 9.53 Å². The summed E-state index contributed by atoms with van der Waals surface area (Å²) in [5.74, 6) is 0.477. The molecule has 0 spiro atoms. The van der Waals surface area contributed by atoms with E-state index in [-0.39, 0.29) is 12.6 Å². The van der Waals surface area contributed by atoms with Gasteiger partial charge in [0.1, 0.15) is 18.0 Å². The molecule has 0 radical (unpaired) electrons. The molecule has 0 N–H and O–H groups in total. The Morgan fingerprint density at radius 1 is 1.29 bits per heavy atom. The summed E-state index contributed by atoms with van der Waals surface area (Å²) in [5, 5.41) is 0.660. The lowest BCUT2D eigenvalue weighted by atomic mass is 10.1. The van der Waals surface area contributed by atoms with Gasteiger partial charge in [-0.05, 0) is 38.1 Å². The van der Waals surface area contributed by atoms with E-state index in [0.29, 0.717) is 17.2 Å². The lowest BCUT2D eigenvalue weighted by Gasteiger charge is -2.25. The Morgan fingerprint density at radius 2 is 1.88 bits per heavy atom. The summed E-state index contributed by atoms with van der Waals surface area (Å²) >= 11 is 5.78. The van der Waals surface area contributed by atoms with Crippen LogP contribution < -0.4 is 4.74 Å². The van der Waals surface area contributed by atoms with Gasteiger partial charge in [-0.25, -0.2) is 0 Å². The van der Waals surface area contributed by atoms with Gasteiger partial charge in [0.05, 0.1) is 0 Å². The Kier molecular flexibility index (Phi) is 4.82. The average Bonchev–Trinajstić information content (AvgIpc) is 2.29. The number of carbonyl (C=O) groups is 1. The van der Waals surface area contributed by atoms with Gasteiger partial charge in [-0.15, -0.1) is 0 Å². The van der Waals surface area contributed by atoms with Crippen LogP contribution in [0.4, 0.5) is 0 Å². The summed E-state index contributed by atoms with van der Waals surface area (Å²) in [6, 6.07) is 7.08. The van der Waals surface area contributed by atoms with E-state index in [4.69, 9.17) is 21.1 Å². The minimum Gasteiger partial charge on any atom is -0.484 e. The predicted molar refractivity (Wildman–Crippen MR) is 67.4 cm³/mol. The Labute approximate surface area is 107 Å². The minimum atomic E-state index is -0.557. The highest BCUT2D eigenvalue weighted by atomic mass is 35.5. The second-order valence-corrected chi connectivity index (χ2v) is 4.77. The third kappa shape index (κ3) is 5.09. The van der Waals surface area contributed by atoms with E-state index < -0.39 is 5.60 Å². The zero-order chi connectivity index (χ0) is 12.9. The fourth-order valence-corrected chi connectivity index (χ4v) is 1.33. The topological polar surface area (TPSA) is 35.5 Å². The zero-order valence-electron chi connectivity index (χ0n) is 10.3. The first kappa shape index (κ1) is 13.8. The van der Waals surface area contributed by atoms with E-state index in [1.165, 1.54) is 0 Å². The molecule has 94 valence electrons. The molecule has 0 amide bonds. The monoisotopic (exact) mass is 256 g/mol. The fraction of sp³-hybridized carbons (Fsp3) is 0.462. The first-order valence-electron chi connectivity index (χ1n) is 5.53. The minimum absolute atomic E-state index is 0.224. The van der Waals surface area contributed by atoms with E-state index in [2.05, 4.69) is 0 Å². The van der Waals surface area contributed by atoms with Crippen molar-refractivity contribution in [2.24, 2.45) is 0 Å². The van der Waals surface area contributed by atoms with E-state index in [1.807, 2.05) is 13.8 Å². The molecule has 0 fully saturated rings. The van der Waals surface area contributed by atoms with Crippen molar-refractivity contribution < 1.29 is 14.3 Å². The molecule has 0 saturated carbocycles. The third-order valence-electron chi connectivity index (χ3n) is 2.08. The Hall–Kier alpha value is -1.22. The van der Waals surface area contributed by atoms with Crippen molar-refractivity contribution in [3.63, 3.8) is 0 Å². The van der Waals surface area contributed by atoms with Gasteiger partial charge < -0.3 is 9.47 Å². The van der Waals surface area contributed by atoms with E-state index in [0.717, 1.165) is 0 Å². The van der Waals surface area contributed by atoms with Crippen LogP contribution in [0.3, 0.4) is 0 Å². The van der Waals surface area contributed by atoms with Crippen LogP contribution in [-0.4, -0.2) is 18.2 Å². The molecule has 0 aliphatic heterocycles. The van der Waals surface area contributed by atoms with Gasteiger partial charge in [-0.3, -0.25) is 4.79 Å². The lowest BCUT2D eigenvalue weighted by Crippen LogP contribution is -2.35. The van der Waals surface area contributed by atoms with Crippen LogP contribution in [0.1, 0.15) is 27.2 Å². The largest absolute Gasteiger partial charge is 0.484 e. The normalized spacial score (nSPS) is 11.1. The van der Waals surface area contributed by atoms with Crippen molar-refractivity contribution in [1.82, 2.24) is 0 Å². The molecule has 0 aliphatic rings. The molecule has 0 aromatic heterocycles. The van der Waals surface area contributed by atoms with Gasteiger partial charge in [0.2, 0.25) is 0 Å². The lowest BCUT2D eigenvalue weighted by molar-refractivity contribution is -0.148. The van der Waals surface area contributed by atoms with Crippen molar-refractivity contribution in [3.05, 3.63) is 29.3 Å². The van der Waals surface area contributed by atoms with Crippen LogP contribution in [0.2, 0.25) is 5.02 Å². The maximum Gasteiger partial charge on any atom is 0.305 e. The molecule has 17 heavy (non-hydrogen) atoms. The number of halogens is 1. The zero-order valence-corrected chi connectivity index (χ0v) is 11.1. The van der Waals surface area contributed by atoms with Crippen LogP contribution >= 0.6 is 11.6 Å². The van der Waals surface area contributed by atoms with Crippen LogP contribution in [0.15, 0.2) is 24.3 Å². The molecule has 0 heterocycles. The third-order valence-corrected chi connectivity index (χ3v) is 2.33. The van der Waals surface area contributed by atoms with Gasteiger partial charge in [-0.1, -0.05) is 18.5 Å². The van der Waals surface area contributed by atoms with Crippen molar-refractivity contribution in [3.8, 4) is 5.75 Å². The van der Waals surface area contributed by atoms with Crippen molar-refractivity contribution >= 4 is 17.6 Å². The van der Waals surface area contributed by atoms with Crippen molar-refractivity contribution in [2.75, 3.05) is 6.61 Å². The molecule has 0 atom stereocenters. The molecular weight excluding hydrogens is 240 g/mol. The summed E-state index contributed by atoms with van der Waals surface area (Å²) in [7, 11) is 0. The quantitative estimate of drug-likeness (QED) is 0.757. The van der Waals surface area contributed by atoms with Gasteiger partial charge in [0.25, 0.3) is 0 Å². The predicted octanol–water partition coefficient (Wildman–Crippen LogP) is 3.45. The summed E-state index contributed by atoms with van der Waals surface area (Å²) in [4.78, 5) is 11.1. The molecular formula is C13H17ClO3. The number of benzene rings is 1. The Bertz CT molecular complexity index is 371. The van der Waals surface area contributed by atoms with Gasteiger partial charge in [0.15, 0.2) is 0 Å². The molecule has 0 saturated heterocycles. The second-order valence-electron chi connectivity index (χ2n) is 4.33. The SMILES string of the molecule is CCC(=O)OCC(C)(C)Oc1ccc(Cl)cc1. The number of rotatable bonds is 5. The molecule has 1 aromatic rings. The van der Waals surface area contributed by atoms with Crippen LogP contribution in [0, 0.1) is 0 Å². The highest BCUT2D eigenvalue weighted by molar-refractivity contribution is 6.30. The summed E-state index contributed by atoms with van der Waals surface area (Å²) in [6.07, 6.45) is 0.372. The summed E-state index contributed by atoms with van der Waals surface area (Å²) in [5.41, 5.74) is -0.557. The molecule has 0 unspecified atom stereocenters. The number of ether oxygens (including phenoxy) is 2. The first-order valence-corrected chi connectivity index (χ1v) is 5.91. The Balaban J connectivity index is 2.53. The van der Waals surface area contributed by atoms with E-state index >= 15 is 0 Å². The van der Waals surface area contributed by atoms with Gasteiger partial charge >= 0.3 is 5.97 Å². The number of hydrogen-bond donors (Lipinski definition) is 0. The smallest absolute Gasteiger partial charge is 0.305 e. The Morgan fingerprint density at radius 3 is 2.41 bits per heavy atom. The summed E-state index contributed by atoms with van der Waals surface area (Å²) in [6.45, 7) is 5.72. The molecule has 1 aromatic carbocycles. The average molecular weight is 257 g/mol. The number of carbonyl (C=O) groups excluding carboxylic acids is 1. The standard InChI is InChI=1S/C13H17ClO3/c1-4-12(15)16-9-13(2,3)17-11-7-5-10(14)6-8-11/h5-8H,4,9H2,1-3H3. The van der Waals surface area contributed by atoms with Crippen molar-refractivity contribution in [1.29, 1.82) is 0 Å². The molecule has 0 aliphatic carbocycles. The molecule has 1 rings (SSSR count). The highest BCUT2D eigenvalue weighted by Crippen LogP contribution is 2.21. The molecule has 0 bridgehead atoms. The van der Waals surface area contributed by atoms with Crippen molar-refractivity contribution in [2.45, 2.75) is 32.8 Å².